The predicted octanol–water partition coefficient (Wildman–Crippen LogP) is 1.08. The minimum atomic E-state index is -0.702. The van der Waals surface area contributed by atoms with E-state index in [0.29, 0.717) is 24.3 Å². The normalized spacial score (nSPS) is 11.8. The smallest absolute Gasteiger partial charge is 0.254 e. The first-order valence-corrected chi connectivity index (χ1v) is 7.00. The van der Waals surface area contributed by atoms with Crippen molar-refractivity contribution in [3.05, 3.63) is 29.8 Å². The molecule has 1 aromatic carbocycles. The van der Waals surface area contributed by atoms with E-state index in [2.05, 4.69) is 5.32 Å². The lowest BCUT2D eigenvalue weighted by molar-refractivity contribution is -0.125. The number of hydrogen-bond acceptors (Lipinski definition) is 4. The quantitative estimate of drug-likeness (QED) is 0.788. The summed E-state index contributed by atoms with van der Waals surface area (Å²) in [4.78, 5) is 25.9. The third kappa shape index (κ3) is 4.54. The fourth-order valence-corrected chi connectivity index (χ4v) is 1.96. The topological polar surface area (TPSA) is 84.7 Å². The standard InChI is InChI=1S/C15H23N3O3/c1-4-18(5-2)15(20)11-7-6-8-12(9-11)17-14(19)13(10-16)21-3/h6-9,13H,4-5,10,16H2,1-3H3,(H,17,19). The second-order valence-electron chi connectivity index (χ2n) is 4.51. The van der Waals surface area contributed by atoms with Crippen LogP contribution in [-0.2, 0) is 9.53 Å². The molecule has 0 aromatic heterocycles. The number of amides is 2. The van der Waals surface area contributed by atoms with Gasteiger partial charge in [-0.3, -0.25) is 9.59 Å². The number of anilines is 1. The molecule has 1 unspecified atom stereocenters. The Bertz CT molecular complexity index is 483. The van der Waals surface area contributed by atoms with Gasteiger partial charge in [0.15, 0.2) is 0 Å². The van der Waals surface area contributed by atoms with Gasteiger partial charge in [0.25, 0.3) is 11.8 Å². The number of hydrogen-bond donors (Lipinski definition) is 2. The van der Waals surface area contributed by atoms with Crippen LogP contribution >= 0.6 is 0 Å². The highest BCUT2D eigenvalue weighted by molar-refractivity contribution is 5.98. The molecule has 0 radical (unpaired) electrons. The molecule has 1 rings (SSSR count). The number of nitrogens with two attached hydrogens (primary N) is 1. The van der Waals surface area contributed by atoms with Gasteiger partial charge >= 0.3 is 0 Å². The Morgan fingerprint density at radius 2 is 2.00 bits per heavy atom. The molecule has 0 saturated carbocycles. The summed E-state index contributed by atoms with van der Waals surface area (Å²) in [6.45, 7) is 5.24. The van der Waals surface area contributed by atoms with Gasteiger partial charge in [-0.25, -0.2) is 0 Å². The number of benzene rings is 1. The van der Waals surface area contributed by atoms with E-state index in [1.807, 2.05) is 13.8 Å². The monoisotopic (exact) mass is 293 g/mol. The number of ether oxygens (including phenoxy) is 1. The molecule has 0 aliphatic carbocycles. The molecule has 0 spiro atoms. The van der Waals surface area contributed by atoms with Crippen LogP contribution in [0.4, 0.5) is 5.69 Å². The van der Waals surface area contributed by atoms with Crippen LogP contribution in [0.15, 0.2) is 24.3 Å². The molecular weight excluding hydrogens is 270 g/mol. The van der Waals surface area contributed by atoms with Crippen molar-refractivity contribution in [1.82, 2.24) is 4.90 Å². The summed E-state index contributed by atoms with van der Waals surface area (Å²) >= 11 is 0. The van der Waals surface area contributed by atoms with Crippen LogP contribution in [0.1, 0.15) is 24.2 Å². The first kappa shape index (κ1) is 17.1. The van der Waals surface area contributed by atoms with Gasteiger partial charge in [-0.1, -0.05) is 6.07 Å². The SMILES string of the molecule is CCN(CC)C(=O)c1cccc(NC(=O)C(CN)OC)c1. The van der Waals surface area contributed by atoms with Gasteiger partial charge in [0.1, 0.15) is 6.10 Å². The van der Waals surface area contributed by atoms with E-state index >= 15 is 0 Å². The van der Waals surface area contributed by atoms with Gasteiger partial charge in [-0.15, -0.1) is 0 Å². The van der Waals surface area contributed by atoms with E-state index in [0.717, 1.165) is 0 Å². The molecule has 0 heterocycles. The first-order valence-electron chi connectivity index (χ1n) is 7.00. The van der Waals surface area contributed by atoms with Crippen LogP contribution in [0.5, 0.6) is 0 Å². The Balaban J connectivity index is 2.86. The average molecular weight is 293 g/mol. The van der Waals surface area contributed by atoms with Gasteiger partial charge in [0.2, 0.25) is 0 Å². The number of nitrogens with zero attached hydrogens (tertiary/aromatic N) is 1. The van der Waals surface area contributed by atoms with Gasteiger partial charge in [-0.05, 0) is 32.0 Å². The summed E-state index contributed by atoms with van der Waals surface area (Å²) in [6, 6.07) is 6.84. The lowest BCUT2D eigenvalue weighted by Crippen LogP contribution is -2.36. The lowest BCUT2D eigenvalue weighted by atomic mass is 10.1. The number of methoxy groups -OCH3 is 1. The highest BCUT2D eigenvalue weighted by atomic mass is 16.5. The first-order chi connectivity index (χ1) is 10.1. The maximum Gasteiger partial charge on any atom is 0.254 e. The van der Waals surface area contributed by atoms with Crippen LogP contribution in [0.2, 0.25) is 0 Å². The van der Waals surface area contributed by atoms with Gasteiger partial charge in [-0.2, -0.15) is 0 Å². The highest BCUT2D eigenvalue weighted by Gasteiger charge is 2.17. The molecule has 0 aliphatic heterocycles. The predicted molar refractivity (Wildman–Crippen MR) is 82.2 cm³/mol. The molecule has 3 N–H and O–H groups in total. The summed E-state index contributed by atoms with van der Waals surface area (Å²) in [6.07, 6.45) is -0.702. The van der Waals surface area contributed by atoms with Crippen LogP contribution in [0, 0.1) is 0 Å². The van der Waals surface area contributed by atoms with E-state index < -0.39 is 6.10 Å². The van der Waals surface area contributed by atoms with E-state index in [4.69, 9.17) is 10.5 Å². The molecule has 0 aliphatic rings. The molecule has 1 aromatic rings. The second-order valence-corrected chi connectivity index (χ2v) is 4.51. The van der Waals surface area contributed by atoms with Crippen molar-refractivity contribution in [3.63, 3.8) is 0 Å². The van der Waals surface area contributed by atoms with Crippen LogP contribution in [0.25, 0.3) is 0 Å². The number of nitrogens with one attached hydrogen (secondary N) is 1. The molecule has 6 heteroatoms. The number of carbonyl (C=O) groups is 2. The highest BCUT2D eigenvalue weighted by Crippen LogP contribution is 2.13. The minimum absolute atomic E-state index is 0.0572. The van der Waals surface area contributed by atoms with Gasteiger partial charge in [0, 0.05) is 38.0 Å². The molecule has 21 heavy (non-hydrogen) atoms. The Morgan fingerprint density at radius 3 is 2.52 bits per heavy atom. The largest absolute Gasteiger partial charge is 0.370 e. The lowest BCUT2D eigenvalue weighted by Gasteiger charge is -2.19. The Kier molecular flexibility index (Phi) is 6.84. The van der Waals surface area contributed by atoms with Crippen molar-refractivity contribution in [2.45, 2.75) is 20.0 Å². The van der Waals surface area contributed by atoms with Crippen molar-refractivity contribution >= 4 is 17.5 Å². The summed E-state index contributed by atoms with van der Waals surface area (Å²) < 4.78 is 4.97. The van der Waals surface area contributed by atoms with E-state index in [1.165, 1.54) is 7.11 Å². The summed E-state index contributed by atoms with van der Waals surface area (Å²) in [5.41, 5.74) is 6.53. The summed E-state index contributed by atoms with van der Waals surface area (Å²) in [5.74, 6) is -0.384. The van der Waals surface area contributed by atoms with Gasteiger partial charge in [0.05, 0.1) is 0 Å². The van der Waals surface area contributed by atoms with E-state index in [9.17, 15) is 9.59 Å². The zero-order valence-corrected chi connectivity index (χ0v) is 12.8. The fourth-order valence-electron chi connectivity index (χ4n) is 1.96. The van der Waals surface area contributed by atoms with Gasteiger partial charge < -0.3 is 20.7 Å². The minimum Gasteiger partial charge on any atom is -0.370 e. The van der Waals surface area contributed by atoms with Crippen LogP contribution in [-0.4, -0.2) is 49.6 Å². The number of carbonyl (C=O) groups excluding carboxylic acids is 2. The molecular formula is C15H23N3O3. The maximum atomic E-state index is 12.3. The van der Waals surface area contributed by atoms with E-state index in [1.54, 1.807) is 29.2 Å². The van der Waals surface area contributed by atoms with Crippen molar-refractivity contribution in [2.24, 2.45) is 5.73 Å². The molecule has 2 amide bonds. The van der Waals surface area contributed by atoms with Crippen molar-refractivity contribution in [1.29, 1.82) is 0 Å². The van der Waals surface area contributed by atoms with E-state index in [-0.39, 0.29) is 18.4 Å². The Morgan fingerprint density at radius 1 is 1.33 bits per heavy atom. The summed E-state index contributed by atoms with van der Waals surface area (Å²) in [5, 5.41) is 2.70. The summed E-state index contributed by atoms with van der Waals surface area (Å²) in [7, 11) is 1.43. The third-order valence-electron chi connectivity index (χ3n) is 3.22. The third-order valence-corrected chi connectivity index (χ3v) is 3.22. The fraction of sp³-hybridized carbons (Fsp3) is 0.467. The molecule has 6 nitrogen and oxygen atoms in total. The number of rotatable bonds is 7. The van der Waals surface area contributed by atoms with Crippen LogP contribution < -0.4 is 11.1 Å². The van der Waals surface area contributed by atoms with Crippen molar-refractivity contribution < 1.29 is 14.3 Å². The molecule has 0 saturated heterocycles. The molecule has 0 fully saturated rings. The zero-order valence-electron chi connectivity index (χ0n) is 12.8. The van der Waals surface area contributed by atoms with Crippen molar-refractivity contribution in [2.75, 3.05) is 32.1 Å². The molecule has 0 bridgehead atoms. The second kappa shape index (κ2) is 8.39. The molecule has 1 atom stereocenters. The average Bonchev–Trinajstić information content (AvgIpc) is 2.49. The Hall–Kier alpha value is -1.92. The maximum absolute atomic E-state index is 12.3. The van der Waals surface area contributed by atoms with Crippen molar-refractivity contribution in [3.8, 4) is 0 Å². The molecule has 116 valence electrons. The van der Waals surface area contributed by atoms with Crippen LogP contribution in [0.3, 0.4) is 0 Å². The Labute approximate surface area is 125 Å². The zero-order chi connectivity index (χ0) is 15.8.